The van der Waals surface area contributed by atoms with Crippen LogP contribution in [0.4, 0.5) is 0 Å². The van der Waals surface area contributed by atoms with E-state index in [1.54, 1.807) is 12.4 Å². The summed E-state index contributed by atoms with van der Waals surface area (Å²) in [6.45, 7) is 0.828. The Morgan fingerprint density at radius 2 is 1.11 bits per heavy atom. The van der Waals surface area contributed by atoms with Crippen LogP contribution in [0.25, 0.3) is 0 Å². The lowest BCUT2D eigenvalue weighted by Crippen LogP contribution is -2.23. The second kappa shape index (κ2) is 11.5. The molecule has 0 bridgehead atoms. The Kier molecular flexibility index (Phi) is 8.63. The van der Waals surface area contributed by atoms with E-state index < -0.39 is 0 Å². The molecule has 0 unspecified atom stereocenters. The van der Waals surface area contributed by atoms with Gasteiger partial charge in [0.1, 0.15) is 24.7 Å². The number of hydrogen-bond acceptors (Lipinski definition) is 6. The first kappa shape index (κ1) is 21.1. The number of nitrogens with two attached hydrogens (primary N) is 2. The highest BCUT2D eigenvalue weighted by Crippen LogP contribution is 2.13. The summed E-state index contributed by atoms with van der Waals surface area (Å²) in [5.41, 5.74) is 17.3. The number of rotatable bonds is 9. The van der Waals surface area contributed by atoms with Crippen LogP contribution < -0.4 is 31.8 Å². The van der Waals surface area contributed by atoms with Gasteiger partial charge in [0, 0.05) is 0 Å². The summed E-state index contributed by atoms with van der Waals surface area (Å²) in [5, 5.41) is 8.01. The van der Waals surface area contributed by atoms with Gasteiger partial charge in [-0.2, -0.15) is 10.2 Å². The molecule has 0 heterocycles. The van der Waals surface area contributed by atoms with Crippen LogP contribution in [0.5, 0.6) is 11.5 Å². The van der Waals surface area contributed by atoms with Gasteiger partial charge in [0.15, 0.2) is 10.2 Å². The lowest BCUT2D eigenvalue weighted by atomic mass is 10.2. The van der Waals surface area contributed by atoms with E-state index in [1.807, 2.05) is 48.5 Å². The van der Waals surface area contributed by atoms with E-state index >= 15 is 0 Å². The van der Waals surface area contributed by atoms with Crippen LogP contribution >= 0.6 is 24.4 Å². The van der Waals surface area contributed by atoms with Gasteiger partial charge in [0.2, 0.25) is 0 Å². The zero-order valence-corrected chi connectivity index (χ0v) is 16.5. The van der Waals surface area contributed by atoms with Crippen molar-refractivity contribution in [3.8, 4) is 11.5 Å². The van der Waals surface area contributed by atoms with Gasteiger partial charge in [-0.1, -0.05) is 0 Å². The van der Waals surface area contributed by atoms with Gasteiger partial charge in [-0.05, 0) is 84.1 Å². The van der Waals surface area contributed by atoms with Crippen molar-refractivity contribution in [2.75, 3.05) is 13.2 Å². The highest BCUT2D eigenvalue weighted by atomic mass is 32.1. The summed E-state index contributed by atoms with van der Waals surface area (Å²) in [6.07, 6.45) is 3.22. The van der Waals surface area contributed by atoms with E-state index in [2.05, 4.69) is 45.5 Å². The van der Waals surface area contributed by atoms with Gasteiger partial charge >= 0.3 is 0 Å². The van der Waals surface area contributed by atoms with Crippen LogP contribution in [-0.2, 0) is 0 Å². The van der Waals surface area contributed by atoms with E-state index in [0.717, 1.165) is 22.6 Å². The first-order valence-electron chi connectivity index (χ1n) is 8.15. The van der Waals surface area contributed by atoms with Crippen molar-refractivity contribution in [3.63, 3.8) is 0 Å². The van der Waals surface area contributed by atoms with Crippen LogP contribution in [0.3, 0.4) is 0 Å². The fourth-order valence-corrected chi connectivity index (χ4v) is 2.07. The van der Waals surface area contributed by atoms with Crippen LogP contribution in [-0.4, -0.2) is 35.9 Å². The van der Waals surface area contributed by atoms with Gasteiger partial charge in [0.05, 0.1) is 12.4 Å². The molecule has 0 radical (unpaired) electrons. The third kappa shape index (κ3) is 8.43. The predicted molar refractivity (Wildman–Crippen MR) is 119 cm³/mol. The van der Waals surface area contributed by atoms with Gasteiger partial charge in [-0.15, -0.1) is 0 Å². The van der Waals surface area contributed by atoms with Crippen LogP contribution in [0.2, 0.25) is 0 Å². The van der Waals surface area contributed by atoms with Crippen molar-refractivity contribution in [2.45, 2.75) is 0 Å². The molecule has 0 saturated carbocycles. The third-order valence-electron chi connectivity index (χ3n) is 3.16. The highest BCUT2D eigenvalue weighted by molar-refractivity contribution is 7.80. The van der Waals surface area contributed by atoms with Crippen molar-refractivity contribution in [2.24, 2.45) is 21.7 Å². The number of thiocarbonyl (C=S) groups is 2. The van der Waals surface area contributed by atoms with Crippen molar-refractivity contribution in [1.82, 2.24) is 10.9 Å². The minimum atomic E-state index is 0.118. The minimum absolute atomic E-state index is 0.118. The van der Waals surface area contributed by atoms with Crippen molar-refractivity contribution in [1.29, 1.82) is 0 Å². The van der Waals surface area contributed by atoms with Gasteiger partial charge in [0.25, 0.3) is 0 Å². The maximum atomic E-state index is 5.65. The Morgan fingerprint density at radius 3 is 1.43 bits per heavy atom. The molecule has 2 aromatic carbocycles. The largest absolute Gasteiger partial charge is 0.490 e. The monoisotopic (exact) mass is 416 g/mol. The van der Waals surface area contributed by atoms with Gasteiger partial charge in [-0.25, -0.2) is 0 Å². The molecule has 8 nitrogen and oxygen atoms in total. The minimum Gasteiger partial charge on any atom is -0.490 e. The standard InChI is InChI=1S/C18H20N6O2S2/c19-17(27)23-21-11-13-1-5-15(6-2-13)25-9-10-26-16-7-3-14(4-8-16)12-22-24-18(20)28/h1-8,11-12H,9-10H2,(H3,19,23,27)(H3,20,24,28)/b21-11-,22-12-. The Labute approximate surface area is 173 Å². The first-order valence-corrected chi connectivity index (χ1v) is 8.97. The molecule has 0 spiro atoms. The zero-order chi connectivity index (χ0) is 20.2. The molecule has 28 heavy (non-hydrogen) atoms. The van der Waals surface area contributed by atoms with Crippen molar-refractivity contribution < 1.29 is 9.47 Å². The molecule has 0 atom stereocenters. The Morgan fingerprint density at radius 1 is 0.750 bits per heavy atom. The van der Waals surface area contributed by atoms with Crippen LogP contribution in [0.1, 0.15) is 11.1 Å². The molecule has 0 saturated heterocycles. The maximum absolute atomic E-state index is 5.65. The van der Waals surface area contributed by atoms with Crippen LogP contribution in [0.15, 0.2) is 58.7 Å². The first-order chi connectivity index (χ1) is 13.5. The second-order valence-electron chi connectivity index (χ2n) is 5.30. The molecule has 2 aromatic rings. The van der Waals surface area contributed by atoms with Crippen LogP contribution in [0, 0.1) is 0 Å². The summed E-state index contributed by atoms with van der Waals surface area (Å²) in [5.74, 6) is 1.47. The molecule has 0 amide bonds. The third-order valence-corrected chi connectivity index (χ3v) is 3.34. The summed E-state index contributed by atoms with van der Waals surface area (Å²) < 4.78 is 11.3. The topological polar surface area (TPSA) is 119 Å². The van der Waals surface area contributed by atoms with E-state index in [0.29, 0.717) is 13.2 Å². The molecular formula is C18H20N6O2S2. The molecule has 0 aromatic heterocycles. The SMILES string of the molecule is NC(=S)N/N=C\c1ccc(OCCOc2ccc(/C=N\NC(N)=S)cc2)cc1. The molecular weight excluding hydrogens is 396 g/mol. The molecule has 0 aliphatic carbocycles. The fraction of sp³-hybridized carbons (Fsp3) is 0.111. The van der Waals surface area contributed by atoms with Crippen molar-refractivity contribution >= 4 is 47.1 Å². The smallest absolute Gasteiger partial charge is 0.184 e. The number of hydrazone groups is 2. The number of benzene rings is 2. The second-order valence-corrected chi connectivity index (χ2v) is 6.18. The van der Waals surface area contributed by atoms with Gasteiger partial charge < -0.3 is 20.9 Å². The average Bonchev–Trinajstić information content (AvgIpc) is 2.67. The average molecular weight is 417 g/mol. The Bertz CT molecular complexity index is 767. The predicted octanol–water partition coefficient (Wildman–Crippen LogP) is 1.48. The molecule has 146 valence electrons. The normalized spacial score (nSPS) is 10.7. The fourth-order valence-electron chi connectivity index (χ4n) is 1.96. The zero-order valence-electron chi connectivity index (χ0n) is 14.9. The number of nitrogens with zero attached hydrogens (tertiary/aromatic N) is 2. The number of hydrogen-bond donors (Lipinski definition) is 4. The lowest BCUT2D eigenvalue weighted by Gasteiger charge is -2.08. The van der Waals surface area contributed by atoms with E-state index in [4.69, 9.17) is 20.9 Å². The van der Waals surface area contributed by atoms with E-state index in [1.165, 1.54) is 0 Å². The van der Waals surface area contributed by atoms with Crippen molar-refractivity contribution in [3.05, 3.63) is 59.7 Å². The number of ether oxygens (including phenoxy) is 2. The molecule has 0 fully saturated rings. The molecule has 6 N–H and O–H groups in total. The molecule has 10 heteroatoms. The quantitative estimate of drug-likeness (QED) is 0.210. The Balaban J connectivity index is 1.70. The lowest BCUT2D eigenvalue weighted by molar-refractivity contribution is 0.217. The maximum Gasteiger partial charge on any atom is 0.184 e. The molecule has 2 rings (SSSR count). The molecule has 0 aliphatic rings. The van der Waals surface area contributed by atoms with E-state index in [9.17, 15) is 0 Å². The summed E-state index contributed by atoms with van der Waals surface area (Å²) in [4.78, 5) is 0. The van der Waals surface area contributed by atoms with E-state index in [-0.39, 0.29) is 10.2 Å². The van der Waals surface area contributed by atoms with Gasteiger partial charge in [-0.3, -0.25) is 10.9 Å². The highest BCUT2D eigenvalue weighted by Gasteiger charge is 1.97. The number of nitrogens with one attached hydrogen (secondary N) is 2. The summed E-state index contributed by atoms with van der Waals surface area (Å²) in [6, 6.07) is 14.9. The Hall–Kier alpha value is -3.24. The summed E-state index contributed by atoms with van der Waals surface area (Å²) in [7, 11) is 0. The summed E-state index contributed by atoms with van der Waals surface area (Å²) >= 11 is 9.32. The molecule has 0 aliphatic heterocycles.